The molecule has 32 heavy (non-hydrogen) atoms. The number of fused-ring (bicyclic) bond motifs is 2. The molecule has 0 amide bonds. The molecule has 0 saturated heterocycles. The van der Waals surface area contributed by atoms with Crippen LogP contribution < -0.4 is 4.74 Å². The molecule has 4 atom stereocenters. The van der Waals surface area contributed by atoms with Crippen molar-refractivity contribution in [3.63, 3.8) is 0 Å². The van der Waals surface area contributed by atoms with Crippen LogP contribution in [0, 0.1) is 16.7 Å². The van der Waals surface area contributed by atoms with Gasteiger partial charge in [-0.1, -0.05) is 68.6 Å². The fourth-order valence-corrected chi connectivity index (χ4v) is 6.85. The zero-order chi connectivity index (χ0) is 23.0. The molecule has 1 N–H and O–H groups in total. The van der Waals surface area contributed by atoms with Gasteiger partial charge in [0.2, 0.25) is 0 Å². The number of rotatable bonds is 8. The quantitative estimate of drug-likeness (QED) is 0.362. The summed E-state index contributed by atoms with van der Waals surface area (Å²) >= 11 is 1.69. The number of ether oxygens (including phenoxy) is 2. The van der Waals surface area contributed by atoms with E-state index < -0.39 is 11.0 Å². The lowest BCUT2D eigenvalue weighted by Crippen LogP contribution is -2.55. The Hall–Kier alpha value is -2.01. The van der Waals surface area contributed by atoms with E-state index in [1.807, 2.05) is 49.4 Å². The lowest BCUT2D eigenvalue weighted by molar-refractivity contribution is -0.139. The van der Waals surface area contributed by atoms with Crippen LogP contribution in [0.25, 0.3) is 0 Å². The van der Waals surface area contributed by atoms with Crippen molar-refractivity contribution in [3.8, 4) is 5.75 Å². The molecule has 0 aliphatic heterocycles. The summed E-state index contributed by atoms with van der Waals surface area (Å²) in [6.07, 6.45) is 3.92. The summed E-state index contributed by atoms with van der Waals surface area (Å²) in [4.78, 5) is 1.19. The molecule has 0 spiro atoms. The van der Waals surface area contributed by atoms with Gasteiger partial charge in [0, 0.05) is 10.3 Å². The molecule has 4 rings (SSSR count). The Balaban J connectivity index is 1.61. The first-order chi connectivity index (χ1) is 15.3. The molecule has 2 fully saturated rings. The monoisotopic (exact) mass is 450 g/mol. The highest BCUT2D eigenvalue weighted by Gasteiger charge is 2.75. The standard InChI is InChI=1S/C28H34O3S/c1-20(2)28(29)25(31-19-21-11-13-22(30-5)14-12-21)24-15-16-27(28,26(24,3)4)17-18-32-23-9-7-6-8-10-23/h6-14,17-18,24-25,29H,1,15-16,19H2,2-5H3/b18-17-/t24-,25-,27-,28-/m1/s1. The maximum Gasteiger partial charge on any atom is 0.121 e. The molecule has 2 aliphatic carbocycles. The Morgan fingerprint density at radius 2 is 1.84 bits per heavy atom. The molecule has 0 radical (unpaired) electrons. The van der Waals surface area contributed by atoms with E-state index in [-0.39, 0.29) is 17.4 Å². The van der Waals surface area contributed by atoms with Crippen LogP contribution in [0.5, 0.6) is 5.75 Å². The number of methoxy groups -OCH3 is 1. The third-order valence-electron chi connectivity index (χ3n) is 7.92. The van der Waals surface area contributed by atoms with Crippen LogP contribution in [-0.2, 0) is 11.3 Å². The maximum atomic E-state index is 12.3. The Morgan fingerprint density at radius 3 is 2.47 bits per heavy atom. The van der Waals surface area contributed by atoms with Gasteiger partial charge < -0.3 is 14.6 Å². The number of hydrogen-bond donors (Lipinski definition) is 1. The fraction of sp³-hybridized carbons (Fsp3) is 0.429. The van der Waals surface area contributed by atoms with E-state index in [9.17, 15) is 5.11 Å². The van der Waals surface area contributed by atoms with Crippen molar-refractivity contribution in [1.82, 2.24) is 0 Å². The third-order valence-corrected chi connectivity index (χ3v) is 8.74. The summed E-state index contributed by atoms with van der Waals surface area (Å²) in [5, 5.41) is 14.4. The Morgan fingerprint density at radius 1 is 1.16 bits per heavy atom. The van der Waals surface area contributed by atoms with Gasteiger partial charge in [0.25, 0.3) is 0 Å². The SMILES string of the molecule is C=C(C)[C@@]1(O)[C@H](OCc2ccc(OC)cc2)[C@H]2CC[C@@]1(/C=C\Sc1ccccc1)C2(C)C. The number of aliphatic hydroxyl groups is 1. The van der Waals surface area contributed by atoms with E-state index in [0.717, 1.165) is 29.7 Å². The summed E-state index contributed by atoms with van der Waals surface area (Å²) < 4.78 is 11.8. The molecule has 2 aromatic carbocycles. The first-order valence-corrected chi connectivity index (χ1v) is 12.2. The topological polar surface area (TPSA) is 38.7 Å². The minimum Gasteiger partial charge on any atom is -0.497 e. The van der Waals surface area contributed by atoms with Crippen molar-refractivity contribution < 1.29 is 14.6 Å². The Labute approximate surface area is 196 Å². The largest absolute Gasteiger partial charge is 0.497 e. The van der Waals surface area contributed by atoms with Crippen molar-refractivity contribution in [2.24, 2.45) is 16.7 Å². The molecule has 2 aromatic rings. The third kappa shape index (κ3) is 3.53. The van der Waals surface area contributed by atoms with Crippen LogP contribution in [0.4, 0.5) is 0 Å². The average Bonchev–Trinajstić information content (AvgIpc) is 3.12. The molecule has 2 bridgehead atoms. The van der Waals surface area contributed by atoms with E-state index in [0.29, 0.717) is 6.61 Å². The minimum absolute atomic E-state index is 0.112. The average molecular weight is 451 g/mol. The number of thioether (sulfide) groups is 1. The van der Waals surface area contributed by atoms with Gasteiger partial charge >= 0.3 is 0 Å². The highest BCUT2D eigenvalue weighted by molar-refractivity contribution is 8.02. The highest BCUT2D eigenvalue weighted by atomic mass is 32.2. The lowest BCUT2D eigenvalue weighted by Gasteiger charge is -2.48. The van der Waals surface area contributed by atoms with Crippen LogP contribution in [0.1, 0.15) is 39.2 Å². The summed E-state index contributed by atoms with van der Waals surface area (Å²) in [7, 11) is 1.67. The molecular weight excluding hydrogens is 416 g/mol. The van der Waals surface area contributed by atoms with E-state index in [1.165, 1.54) is 4.90 Å². The van der Waals surface area contributed by atoms with Gasteiger partial charge in [-0.05, 0) is 71.9 Å². The lowest BCUT2D eigenvalue weighted by atomic mass is 9.61. The maximum absolute atomic E-state index is 12.3. The summed E-state index contributed by atoms with van der Waals surface area (Å²) in [6, 6.07) is 18.3. The number of hydrogen-bond acceptors (Lipinski definition) is 4. The smallest absolute Gasteiger partial charge is 0.121 e. The first kappa shape index (κ1) is 23.2. The van der Waals surface area contributed by atoms with Crippen LogP contribution in [0.3, 0.4) is 0 Å². The van der Waals surface area contributed by atoms with Gasteiger partial charge in [0.1, 0.15) is 11.4 Å². The predicted octanol–water partition coefficient (Wildman–Crippen LogP) is 6.63. The molecule has 0 unspecified atom stereocenters. The van der Waals surface area contributed by atoms with Gasteiger partial charge in [-0.25, -0.2) is 0 Å². The molecule has 0 heterocycles. The van der Waals surface area contributed by atoms with E-state index in [1.54, 1.807) is 18.9 Å². The van der Waals surface area contributed by atoms with Crippen molar-refractivity contribution in [2.45, 2.75) is 56.8 Å². The van der Waals surface area contributed by atoms with Gasteiger partial charge in [-0.15, -0.1) is 0 Å². The Kier molecular flexibility index (Phi) is 6.32. The second-order valence-electron chi connectivity index (χ2n) is 9.70. The molecule has 3 nitrogen and oxygen atoms in total. The normalized spacial score (nSPS) is 30.7. The van der Waals surface area contributed by atoms with Crippen LogP contribution >= 0.6 is 11.8 Å². The molecule has 4 heteroatoms. The van der Waals surface area contributed by atoms with Crippen molar-refractivity contribution in [3.05, 3.63) is 83.8 Å². The van der Waals surface area contributed by atoms with E-state index in [2.05, 4.69) is 44.0 Å². The molecular formula is C28H34O3S. The molecule has 2 saturated carbocycles. The van der Waals surface area contributed by atoms with Gasteiger partial charge in [0.05, 0.1) is 19.8 Å². The van der Waals surface area contributed by atoms with Gasteiger partial charge in [-0.3, -0.25) is 0 Å². The zero-order valence-corrected chi connectivity index (χ0v) is 20.3. The van der Waals surface area contributed by atoms with E-state index >= 15 is 0 Å². The van der Waals surface area contributed by atoms with Gasteiger partial charge in [-0.2, -0.15) is 0 Å². The van der Waals surface area contributed by atoms with Crippen LogP contribution in [0.15, 0.2) is 83.1 Å². The molecule has 0 aromatic heterocycles. The zero-order valence-electron chi connectivity index (χ0n) is 19.5. The Bertz CT molecular complexity index is 981. The van der Waals surface area contributed by atoms with Crippen molar-refractivity contribution in [1.29, 1.82) is 0 Å². The van der Waals surface area contributed by atoms with Crippen LogP contribution in [0.2, 0.25) is 0 Å². The fourth-order valence-electron chi connectivity index (χ4n) is 6.07. The number of benzene rings is 2. The second kappa shape index (κ2) is 8.74. The van der Waals surface area contributed by atoms with Gasteiger partial charge in [0.15, 0.2) is 0 Å². The molecule has 2 aliphatic rings. The first-order valence-electron chi connectivity index (χ1n) is 11.3. The minimum atomic E-state index is -1.11. The summed E-state index contributed by atoms with van der Waals surface area (Å²) in [5.74, 6) is 1.09. The summed E-state index contributed by atoms with van der Waals surface area (Å²) in [6.45, 7) is 11.2. The predicted molar refractivity (Wildman–Crippen MR) is 132 cm³/mol. The van der Waals surface area contributed by atoms with Crippen molar-refractivity contribution >= 4 is 11.8 Å². The van der Waals surface area contributed by atoms with Crippen molar-refractivity contribution in [2.75, 3.05) is 7.11 Å². The van der Waals surface area contributed by atoms with E-state index in [4.69, 9.17) is 9.47 Å². The van der Waals surface area contributed by atoms with Crippen LogP contribution in [-0.4, -0.2) is 23.9 Å². The highest BCUT2D eigenvalue weighted by Crippen LogP contribution is 2.72. The summed E-state index contributed by atoms with van der Waals surface area (Å²) in [5.41, 5.74) is 0.211. The second-order valence-corrected chi connectivity index (χ2v) is 10.7. The molecule has 170 valence electrons.